The predicted octanol–water partition coefficient (Wildman–Crippen LogP) is 3.14. The van der Waals surface area contributed by atoms with Gasteiger partial charge >= 0.3 is 0 Å². The standard InChI is InChI=1S/C21H18FN3O6S/c22-16-6-2-1-5-15(16)18-9-10-19(31-18)21(26)23-11-13-24(14-12-23)32(29,30)20-8-4-3-7-17(20)25(27)28/h1-10H,11-14H2. The minimum absolute atomic E-state index is 0.0123. The summed E-state index contributed by atoms with van der Waals surface area (Å²) in [6, 6.07) is 14.1. The Bertz CT molecular complexity index is 1280. The molecule has 166 valence electrons. The van der Waals surface area contributed by atoms with Crippen molar-refractivity contribution in [1.29, 1.82) is 0 Å². The minimum atomic E-state index is -4.10. The molecule has 1 aromatic heterocycles. The molecule has 1 aliphatic rings. The van der Waals surface area contributed by atoms with Crippen LogP contribution in [0.2, 0.25) is 0 Å². The van der Waals surface area contributed by atoms with Crippen LogP contribution < -0.4 is 0 Å². The molecular formula is C21H18FN3O6S. The van der Waals surface area contributed by atoms with Crippen molar-refractivity contribution in [2.75, 3.05) is 26.2 Å². The molecule has 9 nitrogen and oxygen atoms in total. The number of hydrogen-bond acceptors (Lipinski definition) is 6. The van der Waals surface area contributed by atoms with E-state index in [0.29, 0.717) is 0 Å². The molecule has 0 radical (unpaired) electrons. The van der Waals surface area contributed by atoms with Crippen molar-refractivity contribution >= 4 is 21.6 Å². The third-order valence-corrected chi connectivity index (χ3v) is 7.11. The molecule has 0 aliphatic carbocycles. The fourth-order valence-corrected chi connectivity index (χ4v) is 5.09. The van der Waals surface area contributed by atoms with Crippen molar-refractivity contribution < 1.29 is 26.9 Å². The first kappa shape index (κ1) is 21.7. The van der Waals surface area contributed by atoms with Crippen LogP contribution in [0.4, 0.5) is 10.1 Å². The highest BCUT2D eigenvalue weighted by atomic mass is 32.2. The molecule has 11 heteroatoms. The first-order valence-corrected chi connectivity index (χ1v) is 11.1. The van der Waals surface area contributed by atoms with E-state index in [1.54, 1.807) is 12.1 Å². The lowest BCUT2D eigenvalue weighted by atomic mass is 10.1. The smallest absolute Gasteiger partial charge is 0.289 e. The normalized spacial score (nSPS) is 15.0. The number of furan rings is 1. The number of sulfonamides is 1. The molecule has 1 fully saturated rings. The predicted molar refractivity (Wildman–Crippen MR) is 112 cm³/mol. The molecule has 2 aromatic carbocycles. The maximum Gasteiger partial charge on any atom is 0.289 e. The molecule has 1 amide bonds. The number of benzene rings is 2. The number of nitro benzene ring substituents is 1. The molecule has 0 spiro atoms. The number of hydrogen-bond donors (Lipinski definition) is 0. The van der Waals surface area contributed by atoms with Crippen molar-refractivity contribution in [2.24, 2.45) is 0 Å². The second-order valence-electron chi connectivity index (χ2n) is 7.06. The number of piperazine rings is 1. The number of nitrogens with zero attached hydrogens (tertiary/aromatic N) is 3. The Morgan fingerprint density at radius 2 is 1.62 bits per heavy atom. The van der Waals surface area contributed by atoms with Gasteiger partial charge in [0, 0.05) is 32.2 Å². The number of rotatable bonds is 5. The number of nitro groups is 1. The zero-order chi connectivity index (χ0) is 22.9. The van der Waals surface area contributed by atoms with Crippen LogP contribution in [0, 0.1) is 15.9 Å². The summed E-state index contributed by atoms with van der Waals surface area (Å²) < 4.78 is 46.4. The summed E-state index contributed by atoms with van der Waals surface area (Å²) >= 11 is 0. The van der Waals surface area contributed by atoms with Crippen LogP contribution in [0.15, 0.2) is 70.0 Å². The number of carbonyl (C=O) groups excluding carboxylic acids is 1. The summed E-state index contributed by atoms with van der Waals surface area (Å²) in [4.78, 5) is 24.3. The second kappa shape index (κ2) is 8.52. The maximum absolute atomic E-state index is 14.0. The van der Waals surface area contributed by atoms with Gasteiger partial charge in [0.15, 0.2) is 10.7 Å². The minimum Gasteiger partial charge on any atom is -0.451 e. The van der Waals surface area contributed by atoms with Crippen LogP contribution in [-0.2, 0) is 10.0 Å². The van der Waals surface area contributed by atoms with Crippen LogP contribution in [0.1, 0.15) is 10.6 Å². The average Bonchev–Trinajstić information content (AvgIpc) is 3.29. The van der Waals surface area contributed by atoms with Gasteiger partial charge < -0.3 is 9.32 Å². The Kier molecular flexibility index (Phi) is 5.76. The molecule has 1 aliphatic heterocycles. The fraction of sp³-hybridized carbons (Fsp3) is 0.190. The Morgan fingerprint density at radius 3 is 2.31 bits per heavy atom. The molecule has 0 bridgehead atoms. The van der Waals surface area contributed by atoms with E-state index in [2.05, 4.69) is 0 Å². The lowest BCUT2D eigenvalue weighted by Crippen LogP contribution is -2.50. The van der Waals surface area contributed by atoms with Gasteiger partial charge in [0.05, 0.1) is 10.5 Å². The van der Waals surface area contributed by atoms with E-state index in [4.69, 9.17) is 4.42 Å². The van der Waals surface area contributed by atoms with Crippen molar-refractivity contribution in [3.63, 3.8) is 0 Å². The summed E-state index contributed by atoms with van der Waals surface area (Å²) in [5, 5.41) is 11.2. The Balaban J connectivity index is 1.47. The highest BCUT2D eigenvalue weighted by Crippen LogP contribution is 2.28. The molecule has 4 rings (SSSR count). The zero-order valence-corrected chi connectivity index (χ0v) is 17.5. The SMILES string of the molecule is O=C(c1ccc(-c2ccccc2F)o1)N1CCN(S(=O)(=O)c2ccccc2[N+](=O)[O-])CC1. The molecule has 2 heterocycles. The summed E-state index contributed by atoms with van der Waals surface area (Å²) in [7, 11) is -4.10. The number of carbonyl (C=O) groups is 1. The maximum atomic E-state index is 14.0. The third-order valence-electron chi connectivity index (χ3n) is 5.16. The van der Waals surface area contributed by atoms with Gasteiger partial charge in [0.25, 0.3) is 11.6 Å². The van der Waals surface area contributed by atoms with Gasteiger partial charge in [-0.2, -0.15) is 4.31 Å². The number of halogens is 1. The largest absolute Gasteiger partial charge is 0.451 e. The van der Waals surface area contributed by atoms with Gasteiger partial charge in [-0.15, -0.1) is 0 Å². The molecule has 3 aromatic rings. The number of amides is 1. The Hall–Kier alpha value is -3.57. The average molecular weight is 459 g/mol. The van der Waals surface area contributed by atoms with E-state index >= 15 is 0 Å². The van der Waals surface area contributed by atoms with E-state index in [1.807, 2.05) is 0 Å². The van der Waals surface area contributed by atoms with Gasteiger partial charge in [-0.1, -0.05) is 24.3 Å². The highest BCUT2D eigenvalue weighted by molar-refractivity contribution is 7.89. The van der Waals surface area contributed by atoms with Crippen molar-refractivity contribution in [2.45, 2.75) is 4.90 Å². The van der Waals surface area contributed by atoms with Gasteiger partial charge in [-0.25, -0.2) is 12.8 Å². The van der Waals surface area contributed by atoms with E-state index in [-0.39, 0.29) is 48.2 Å². The Labute approximate surface area is 182 Å². The fourth-order valence-electron chi connectivity index (χ4n) is 3.51. The number of para-hydroxylation sites is 1. The van der Waals surface area contributed by atoms with Crippen molar-refractivity contribution in [3.05, 3.63) is 82.4 Å². The van der Waals surface area contributed by atoms with Crippen LogP contribution in [0.25, 0.3) is 11.3 Å². The summed E-state index contributed by atoms with van der Waals surface area (Å²) in [5.41, 5.74) is -0.269. The zero-order valence-electron chi connectivity index (χ0n) is 16.7. The summed E-state index contributed by atoms with van der Waals surface area (Å²) in [6.45, 7) is 0.102. The van der Waals surface area contributed by atoms with E-state index < -0.39 is 32.4 Å². The van der Waals surface area contributed by atoms with Crippen LogP contribution in [-0.4, -0.2) is 54.6 Å². The van der Waals surface area contributed by atoms with Gasteiger partial charge in [0.2, 0.25) is 10.0 Å². The van der Waals surface area contributed by atoms with Crippen molar-refractivity contribution in [1.82, 2.24) is 9.21 Å². The molecular weight excluding hydrogens is 441 g/mol. The lowest BCUT2D eigenvalue weighted by molar-refractivity contribution is -0.387. The Morgan fingerprint density at radius 1 is 0.969 bits per heavy atom. The molecule has 32 heavy (non-hydrogen) atoms. The quantitative estimate of drug-likeness (QED) is 0.428. The van der Waals surface area contributed by atoms with Gasteiger partial charge in [-0.3, -0.25) is 14.9 Å². The molecule has 0 N–H and O–H groups in total. The van der Waals surface area contributed by atoms with Crippen molar-refractivity contribution in [3.8, 4) is 11.3 Å². The molecule has 0 atom stereocenters. The highest BCUT2D eigenvalue weighted by Gasteiger charge is 2.35. The summed E-state index contributed by atoms with van der Waals surface area (Å²) in [5.74, 6) is -0.702. The molecule has 1 saturated heterocycles. The lowest BCUT2D eigenvalue weighted by Gasteiger charge is -2.33. The molecule has 0 saturated carbocycles. The van der Waals surface area contributed by atoms with Crippen LogP contribution in [0.3, 0.4) is 0 Å². The monoisotopic (exact) mass is 459 g/mol. The van der Waals surface area contributed by atoms with Crippen LogP contribution in [0.5, 0.6) is 0 Å². The molecule has 0 unspecified atom stereocenters. The summed E-state index contributed by atoms with van der Waals surface area (Å²) in [6.07, 6.45) is 0. The first-order chi connectivity index (χ1) is 15.3. The van der Waals surface area contributed by atoms with E-state index in [1.165, 1.54) is 47.4 Å². The first-order valence-electron chi connectivity index (χ1n) is 9.66. The topological polar surface area (TPSA) is 114 Å². The van der Waals surface area contributed by atoms with E-state index in [9.17, 15) is 27.7 Å². The van der Waals surface area contributed by atoms with E-state index in [0.717, 1.165) is 10.4 Å². The third kappa shape index (κ3) is 3.99. The van der Waals surface area contributed by atoms with Crippen LogP contribution >= 0.6 is 0 Å². The van der Waals surface area contributed by atoms with Gasteiger partial charge in [-0.05, 0) is 30.3 Å². The van der Waals surface area contributed by atoms with Gasteiger partial charge in [0.1, 0.15) is 11.6 Å². The second-order valence-corrected chi connectivity index (χ2v) is 8.97.